The van der Waals surface area contributed by atoms with Gasteiger partial charge in [-0.2, -0.15) is 0 Å². The van der Waals surface area contributed by atoms with Crippen LogP contribution in [0.4, 0.5) is 0 Å². The first-order valence-corrected chi connectivity index (χ1v) is 39.6. The molecule has 0 heterocycles. The van der Waals surface area contributed by atoms with Crippen LogP contribution in [0.15, 0.2) is 24.3 Å². The second-order valence-electron chi connectivity index (χ2n) is 27.4. The number of aliphatic hydroxyl groups excluding tert-OH is 2. The summed E-state index contributed by atoms with van der Waals surface area (Å²) in [7, 11) is 0. The molecule has 6 nitrogen and oxygen atoms in total. The van der Waals surface area contributed by atoms with E-state index < -0.39 is 12.1 Å². The molecule has 510 valence electrons. The highest BCUT2D eigenvalue weighted by atomic mass is 16.5. The van der Waals surface area contributed by atoms with E-state index in [-0.39, 0.29) is 18.5 Å². The number of rotatable bonds is 75. The molecule has 0 spiro atoms. The lowest BCUT2D eigenvalue weighted by molar-refractivity contribution is -0.143. The smallest absolute Gasteiger partial charge is 0.305 e. The van der Waals surface area contributed by atoms with Gasteiger partial charge < -0.3 is 20.3 Å². The van der Waals surface area contributed by atoms with Crippen LogP contribution in [-0.4, -0.2) is 47.4 Å². The van der Waals surface area contributed by atoms with Crippen LogP contribution in [0.2, 0.25) is 0 Å². The molecule has 0 saturated heterocycles. The van der Waals surface area contributed by atoms with E-state index in [4.69, 9.17) is 4.74 Å². The van der Waals surface area contributed by atoms with Crippen LogP contribution in [0.1, 0.15) is 450 Å². The molecular weight excluding hydrogens is 1050 g/mol. The Morgan fingerprint density at radius 1 is 0.326 bits per heavy atom. The van der Waals surface area contributed by atoms with Gasteiger partial charge in [0.1, 0.15) is 0 Å². The highest BCUT2D eigenvalue weighted by molar-refractivity contribution is 5.76. The third kappa shape index (κ3) is 71.4. The molecule has 0 aromatic carbocycles. The lowest BCUT2D eigenvalue weighted by Gasteiger charge is -2.22. The summed E-state index contributed by atoms with van der Waals surface area (Å²) in [6.07, 6.45) is 97.1. The van der Waals surface area contributed by atoms with Crippen molar-refractivity contribution in [2.24, 2.45) is 0 Å². The van der Waals surface area contributed by atoms with Crippen molar-refractivity contribution < 1.29 is 24.5 Å². The van der Waals surface area contributed by atoms with E-state index in [0.29, 0.717) is 25.9 Å². The average Bonchev–Trinajstić information content (AvgIpc) is 3.58. The predicted octanol–water partition coefficient (Wildman–Crippen LogP) is 26.0. The van der Waals surface area contributed by atoms with Crippen LogP contribution in [0.25, 0.3) is 0 Å². The SMILES string of the molecule is CCCCCCCCCCCCCCCCCCC(O)C(CO)NC(=O)CCCCCCCCCCCCCCCCCCC/C=C\C/C=C\CCCCCCCCCCCCCCCCCOC(=O)CCCCCCCCCCCCCCCC. The minimum atomic E-state index is -0.662. The Balaban J connectivity index is 3.34. The number of hydrogen-bond acceptors (Lipinski definition) is 5. The fourth-order valence-electron chi connectivity index (χ4n) is 12.7. The third-order valence-electron chi connectivity index (χ3n) is 18.8. The minimum Gasteiger partial charge on any atom is -0.466 e. The lowest BCUT2D eigenvalue weighted by Crippen LogP contribution is -2.45. The number of esters is 1. The van der Waals surface area contributed by atoms with Crippen molar-refractivity contribution in [2.45, 2.75) is 463 Å². The molecule has 0 aliphatic heterocycles. The second kappa shape index (κ2) is 75.8. The van der Waals surface area contributed by atoms with E-state index in [0.717, 1.165) is 44.9 Å². The molecule has 3 N–H and O–H groups in total. The number of nitrogens with one attached hydrogen (secondary N) is 1. The summed E-state index contributed by atoms with van der Waals surface area (Å²) >= 11 is 0. The minimum absolute atomic E-state index is 0.0235. The Hall–Kier alpha value is -1.66. The molecule has 0 aliphatic rings. The number of hydrogen-bond donors (Lipinski definition) is 3. The Kier molecular flexibility index (Phi) is 74.3. The Labute approximate surface area is 539 Å². The van der Waals surface area contributed by atoms with Crippen molar-refractivity contribution in [3.8, 4) is 0 Å². The first-order valence-electron chi connectivity index (χ1n) is 39.6. The average molecular weight is 1210 g/mol. The van der Waals surface area contributed by atoms with Gasteiger partial charge in [-0.15, -0.1) is 0 Å². The molecule has 2 atom stereocenters. The van der Waals surface area contributed by atoms with Crippen molar-refractivity contribution in [1.82, 2.24) is 5.32 Å². The predicted molar refractivity (Wildman–Crippen MR) is 380 cm³/mol. The summed E-state index contributed by atoms with van der Waals surface area (Å²) in [5.74, 6) is -0.00452. The molecule has 1 amide bonds. The van der Waals surface area contributed by atoms with Crippen molar-refractivity contribution in [3.05, 3.63) is 24.3 Å². The molecule has 6 heteroatoms. The quantitative estimate of drug-likeness (QED) is 0.0320. The molecule has 0 bridgehead atoms. The third-order valence-corrected chi connectivity index (χ3v) is 18.8. The fourth-order valence-corrected chi connectivity index (χ4v) is 12.7. The first-order chi connectivity index (χ1) is 42.5. The Bertz CT molecular complexity index is 1350. The molecule has 0 aromatic rings. The van der Waals surface area contributed by atoms with Gasteiger partial charge in [0.05, 0.1) is 25.4 Å². The maximum atomic E-state index is 12.5. The highest BCUT2D eigenvalue weighted by Crippen LogP contribution is 2.20. The van der Waals surface area contributed by atoms with E-state index in [1.54, 1.807) is 0 Å². The number of carbonyl (C=O) groups is 2. The molecular formula is C80H155NO5. The molecule has 0 fully saturated rings. The summed E-state index contributed by atoms with van der Waals surface area (Å²) in [6.45, 7) is 5.00. The lowest BCUT2D eigenvalue weighted by atomic mass is 10.0. The van der Waals surface area contributed by atoms with Gasteiger partial charge in [-0.1, -0.05) is 404 Å². The number of amides is 1. The van der Waals surface area contributed by atoms with E-state index in [9.17, 15) is 19.8 Å². The zero-order chi connectivity index (χ0) is 62.0. The summed E-state index contributed by atoms with van der Waals surface area (Å²) in [4.78, 5) is 24.6. The number of allylic oxidation sites excluding steroid dienone is 4. The molecule has 0 aromatic heterocycles. The number of unbranched alkanes of at least 4 members (excludes halogenated alkanes) is 60. The van der Waals surface area contributed by atoms with Crippen molar-refractivity contribution in [3.63, 3.8) is 0 Å². The van der Waals surface area contributed by atoms with Crippen molar-refractivity contribution in [1.29, 1.82) is 0 Å². The zero-order valence-electron chi connectivity index (χ0n) is 58.6. The van der Waals surface area contributed by atoms with E-state index >= 15 is 0 Å². The number of carbonyl (C=O) groups excluding carboxylic acids is 2. The topological polar surface area (TPSA) is 95.9 Å². The van der Waals surface area contributed by atoms with E-state index in [1.807, 2.05) is 0 Å². The monoisotopic (exact) mass is 1210 g/mol. The van der Waals surface area contributed by atoms with Gasteiger partial charge in [-0.05, 0) is 57.8 Å². The van der Waals surface area contributed by atoms with Gasteiger partial charge >= 0.3 is 5.97 Å². The van der Waals surface area contributed by atoms with Crippen molar-refractivity contribution >= 4 is 11.9 Å². The highest BCUT2D eigenvalue weighted by Gasteiger charge is 2.20. The number of aliphatic hydroxyl groups is 2. The van der Waals surface area contributed by atoms with Crippen LogP contribution < -0.4 is 5.32 Å². The van der Waals surface area contributed by atoms with Crippen LogP contribution in [0.3, 0.4) is 0 Å². The summed E-state index contributed by atoms with van der Waals surface area (Å²) in [6, 6.07) is -0.539. The molecule has 0 aliphatic carbocycles. The standard InChI is InChI=1S/C80H155NO5/c1-3-5-7-9-11-13-15-17-19-45-48-52-56-60-64-68-72-78(83)77(76-82)81-79(84)73-69-65-61-57-53-49-46-43-41-39-37-35-33-31-29-27-25-23-21-20-22-24-26-28-30-32-34-36-38-40-42-44-47-51-55-59-63-67-71-75-86-80(85)74-70-66-62-58-54-50-18-16-14-12-10-8-6-4-2/h20-21,24,26,77-78,82-83H,3-19,22-23,25,27-76H2,1-2H3,(H,81,84)/b21-20-,26-24-. The summed E-state index contributed by atoms with van der Waals surface area (Å²) in [5, 5.41) is 23.4. The Morgan fingerprint density at radius 3 is 0.884 bits per heavy atom. The normalized spacial score (nSPS) is 12.6. The van der Waals surface area contributed by atoms with Gasteiger partial charge in [0.2, 0.25) is 5.91 Å². The molecule has 0 rings (SSSR count). The van der Waals surface area contributed by atoms with Crippen LogP contribution in [0.5, 0.6) is 0 Å². The second-order valence-corrected chi connectivity index (χ2v) is 27.4. The van der Waals surface area contributed by atoms with Gasteiger partial charge in [-0.3, -0.25) is 9.59 Å². The van der Waals surface area contributed by atoms with Gasteiger partial charge in [-0.25, -0.2) is 0 Å². The zero-order valence-corrected chi connectivity index (χ0v) is 58.6. The molecule has 0 radical (unpaired) electrons. The Morgan fingerprint density at radius 2 is 0.581 bits per heavy atom. The van der Waals surface area contributed by atoms with E-state index in [1.165, 1.54) is 372 Å². The van der Waals surface area contributed by atoms with Gasteiger partial charge in [0, 0.05) is 12.8 Å². The number of ether oxygens (including phenoxy) is 1. The maximum Gasteiger partial charge on any atom is 0.305 e. The fraction of sp³-hybridized carbons (Fsp3) is 0.925. The van der Waals surface area contributed by atoms with Crippen molar-refractivity contribution in [2.75, 3.05) is 13.2 Å². The van der Waals surface area contributed by atoms with Crippen LogP contribution >= 0.6 is 0 Å². The summed E-state index contributed by atoms with van der Waals surface area (Å²) < 4.78 is 5.50. The summed E-state index contributed by atoms with van der Waals surface area (Å²) in [5.41, 5.74) is 0. The first kappa shape index (κ1) is 84.3. The molecule has 86 heavy (non-hydrogen) atoms. The maximum absolute atomic E-state index is 12.5. The van der Waals surface area contributed by atoms with E-state index in [2.05, 4.69) is 43.5 Å². The largest absolute Gasteiger partial charge is 0.466 e. The molecule has 0 saturated carbocycles. The van der Waals surface area contributed by atoms with Gasteiger partial charge in [0.25, 0.3) is 0 Å². The van der Waals surface area contributed by atoms with Gasteiger partial charge in [0.15, 0.2) is 0 Å². The van der Waals surface area contributed by atoms with Crippen LogP contribution in [0, 0.1) is 0 Å². The van der Waals surface area contributed by atoms with Crippen LogP contribution in [-0.2, 0) is 14.3 Å². The molecule has 2 unspecified atom stereocenters.